The van der Waals surface area contributed by atoms with Gasteiger partial charge < -0.3 is 9.32 Å². The summed E-state index contributed by atoms with van der Waals surface area (Å²) in [6.45, 7) is 4.68. The second-order valence-electron chi connectivity index (χ2n) is 14.4. The van der Waals surface area contributed by atoms with Crippen LogP contribution in [0, 0.1) is 0 Å². The molecule has 0 spiro atoms. The Labute approximate surface area is 309 Å². The Morgan fingerprint density at radius 1 is 0.453 bits per heavy atom. The molecule has 0 unspecified atom stereocenters. The highest BCUT2D eigenvalue weighted by molar-refractivity contribution is 6.05. The first-order chi connectivity index (χ1) is 26.0. The molecule has 3 heteroatoms. The van der Waals surface area contributed by atoms with Crippen LogP contribution in [-0.2, 0) is 5.41 Å². The zero-order chi connectivity index (χ0) is 35.5. The molecule has 0 atom stereocenters. The van der Waals surface area contributed by atoms with Crippen molar-refractivity contribution in [3.63, 3.8) is 0 Å². The van der Waals surface area contributed by atoms with Crippen LogP contribution in [0.5, 0.6) is 0 Å². The predicted octanol–water partition coefficient (Wildman–Crippen LogP) is 13.8. The van der Waals surface area contributed by atoms with Crippen molar-refractivity contribution in [2.75, 3.05) is 4.90 Å². The first kappa shape index (κ1) is 31.1. The molecule has 1 aliphatic carbocycles. The number of benzene rings is 8. The van der Waals surface area contributed by atoms with Gasteiger partial charge in [-0.25, -0.2) is 4.98 Å². The van der Waals surface area contributed by atoms with E-state index in [1.165, 1.54) is 33.4 Å². The number of aromatic nitrogens is 1. The first-order valence-electron chi connectivity index (χ1n) is 18.2. The molecule has 3 nitrogen and oxygen atoms in total. The van der Waals surface area contributed by atoms with Crippen LogP contribution in [0.25, 0.3) is 66.7 Å². The highest BCUT2D eigenvalue weighted by atomic mass is 16.3. The summed E-state index contributed by atoms with van der Waals surface area (Å²) in [5.41, 5.74) is 16.0. The van der Waals surface area contributed by atoms with Crippen molar-refractivity contribution < 1.29 is 4.42 Å². The molecule has 10 rings (SSSR count). The maximum absolute atomic E-state index is 6.31. The number of hydrogen-bond donors (Lipinski definition) is 0. The minimum atomic E-state index is -0.0922. The van der Waals surface area contributed by atoms with Crippen LogP contribution in [0.1, 0.15) is 25.0 Å². The van der Waals surface area contributed by atoms with E-state index in [-0.39, 0.29) is 5.41 Å². The van der Waals surface area contributed by atoms with Gasteiger partial charge in [0.05, 0.1) is 0 Å². The third-order valence-corrected chi connectivity index (χ3v) is 10.9. The summed E-state index contributed by atoms with van der Waals surface area (Å²) >= 11 is 0. The lowest BCUT2D eigenvalue weighted by atomic mass is 9.82. The lowest BCUT2D eigenvalue weighted by molar-refractivity contribution is 0.623. The van der Waals surface area contributed by atoms with Crippen LogP contribution in [0.3, 0.4) is 0 Å². The van der Waals surface area contributed by atoms with Crippen molar-refractivity contribution in [1.29, 1.82) is 0 Å². The van der Waals surface area contributed by atoms with Gasteiger partial charge in [0.1, 0.15) is 5.52 Å². The molecule has 9 aromatic rings. The third-order valence-electron chi connectivity index (χ3n) is 10.9. The van der Waals surface area contributed by atoms with E-state index in [9.17, 15) is 0 Å². The van der Waals surface area contributed by atoms with E-state index in [2.05, 4.69) is 170 Å². The predicted molar refractivity (Wildman–Crippen MR) is 220 cm³/mol. The third kappa shape index (κ3) is 5.24. The van der Waals surface area contributed by atoms with Crippen LogP contribution in [0.4, 0.5) is 17.1 Å². The average Bonchev–Trinajstić information content (AvgIpc) is 3.76. The number of nitrogens with zero attached hydrogens (tertiary/aromatic N) is 2. The van der Waals surface area contributed by atoms with E-state index in [4.69, 9.17) is 9.40 Å². The van der Waals surface area contributed by atoms with Gasteiger partial charge in [-0.05, 0) is 117 Å². The van der Waals surface area contributed by atoms with E-state index < -0.39 is 0 Å². The van der Waals surface area contributed by atoms with Gasteiger partial charge in [-0.2, -0.15) is 0 Å². The molecule has 1 aliphatic rings. The average molecular weight is 681 g/mol. The molecule has 0 fully saturated rings. The molecule has 0 N–H and O–H groups in total. The fourth-order valence-electron chi connectivity index (χ4n) is 8.11. The molecule has 1 heterocycles. The SMILES string of the molecule is CC1(C)c2ccccc2-c2ccc(N(c3ccc(-c4ccccc4)cc3)c3ccc(-c4ccc5c(ccc6nc(-c7ccccc7)oc65)c4)cc3)cc21. The molecule has 0 radical (unpaired) electrons. The number of rotatable bonds is 6. The highest BCUT2D eigenvalue weighted by Crippen LogP contribution is 2.50. The second-order valence-corrected chi connectivity index (χ2v) is 14.4. The molecule has 0 bridgehead atoms. The molecule has 0 saturated carbocycles. The van der Waals surface area contributed by atoms with Crippen molar-refractivity contribution in [3.05, 3.63) is 193 Å². The van der Waals surface area contributed by atoms with Crippen molar-refractivity contribution in [3.8, 4) is 44.8 Å². The van der Waals surface area contributed by atoms with Crippen molar-refractivity contribution >= 4 is 38.9 Å². The summed E-state index contributed by atoms with van der Waals surface area (Å²) in [5.74, 6) is 0.642. The number of oxazole rings is 1. The van der Waals surface area contributed by atoms with Crippen LogP contribution in [0.15, 0.2) is 186 Å². The number of hydrogen-bond acceptors (Lipinski definition) is 3. The van der Waals surface area contributed by atoms with Crippen LogP contribution in [-0.4, -0.2) is 4.98 Å². The van der Waals surface area contributed by atoms with Gasteiger partial charge in [0.25, 0.3) is 0 Å². The zero-order valence-corrected chi connectivity index (χ0v) is 29.6. The Hall–Kier alpha value is -6.71. The zero-order valence-electron chi connectivity index (χ0n) is 29.6. The van der Waals surface area contributed by atoms with Crippen LogP contribution < -0.4 is 4.90 Å². The second kappa shape index (κ2) is 12.2. The van der Waals surface area contributed by atoms with Gasteiger partial charge in [-0.3, -0.25) is 0 Å². The molecule has 0 saturated heterocycles. The van der Waals surface area contributed by atoms with Gasteiger partial charge in [-0.15, -0.1) is 0 Å². The highest BCUT2D eigenvalue weighted by Gasteiger charge is 2.35. The van der Waals surface area contributed by atoms with E-state index in [1.807, 2.05) is 30.3 Å². The lowest BCUT2D eigenvalue weighted by Crippen LogP contribution is -2.16. The van der Waals surface area contributed by atoms with Crippen LogP contribution >= 0.6 is 0 Å². The molecule has 252 valence electrons. The Kier molecular flexibility index (Phi) is 7.16. The summed E-state index contributed by atoms with van der Waals surface area (Å²) in [4.78, 5) is 7.15. The number of anilines is 3. The molecule has 0 amide bonds. The van der Waals surface area contributed by atoms with Crippen molar-refractivity contribution in [2.45, 2.75) is 19.3 Å². The molecular formula is C50H36N2O. The largest absolute Gasteiger partial charge is 0.435 e. The van der Waals surface area contributed by atoms with E-state index >= 15 is 0 Å². The minimum absolute atomic E-state index is 0.0922. The summed E-state index contributed by atoms with van der Waals surface area (Å²) in [7, 11) is 0. The maximum atomic E-state index is 6.31. The number of fused-ring (bicyclic) bond motifs is 6. The van der Waals surface area contributed by atoms with E-state index in [0.717, 1.165) is 55.6 Å². The van der Waals surface area contributed by atoms with Crippen LogP contribution in [0.2, 0.25) is 0 Å². The summed E-state index contributed by atoms with van der Waals surface area (Å²) in [6, 6.07) is 65.1. The fraction of sp³-hybridized carbons (Fsp3) is 0.0600. The quantitative estimate of drug-likeness (QED) is 0.175. The Bertz CT molecular complexity index is 2780. The van der Waals surface area contributed by atoms with Gasteiger partial charge in [0, 0.05) is 33.4 Å². The lowest BCUT2D eigenvalue weighted by Gasteiger charge is -2.28. The van der Waals surface area contributed by atoms with E-state index in [0.29, 0.717) is 5.89 Å². The van der Waals surface area contributed by atoms with Crippen molar-refractivity contribution in [1.82, 2.24) is 4.98 Å². The fourth-order valence-corrected chi connectivity index (χ4v) is 8.11. The topological polar surface area (TPSA) is 29.3 Å². The van der Waals surface area contributed by atoms with Gasteiger partial charge in [-0.1, -0.05) is 129 Å². The van der Waals surface area contributed by atoms with E-state index in [1.54, 1.807) is 0 Å². The summed E-state index contributed by atoms with van der Waals surface area (Å²) in [6.07, 6.45) is 0. The minimum Gasteiger partial charge on any atom is -0.435 e. The normalized spacial score (nSPS) is 12.9. The molecule has 0 aliphatic heterocycles. The molecule has 1 aromatic heterocycles. The van der Waals surface area contributed by atoms with Gasteiger partial charge in [0.15, 0.2) is 5.58 Å². The summed E-state index contributed by atoms with van der Waals surface area (Å²) in [5, 5.41) is 2.18. The Morgan fingerprint density at radius 2 is 1.02 bits per heavy atom. The Morgan fingerprint density at radius 3 is 1.74 bits per heavy atom. The smallest absolute Gasteiger partial charge is 0.227 e. The monoisotopic (exact) mass is 680 g/mol. The van der Waals surface area contributed by atoms with Gasteiger partial charge in [0.2, 0.25) is 5.89 Å². The standard InChI is InChI=1S/C50H36N2O/c1-50(2)45-16-10-9-15-43(45)44-29-27-41(32-46(44)50)52(39-23-17-34(18-24-39)33-11-5-3-6-12-33)40-25-19-35(20-26-40)37-21-28-42-38(31-37)22-30-47-48(42)53-49(51-47)36-13-7-4-8-14-36/h3-32H,1-2H3. The first-order valence-corrected chi connectivity index (χ1v) is 18.2. The summed E-state index contributed by atoms with van der Waals surface area (Å²) < 4.78 is 6.31. The Balaban J connectivity index is 1.03. The molecule has 8 aromatic carbocycles. The molecule has 53 heavy (non-hydrogen) atoms. The molecular weight excluding hydrogens is 645 g/mol. The van der Waals surface area contributed by atoms with Gasteiger partial charge >= 0.3 is 0 Å². The maximum Gasteiger partial charge on any atom is 0.227 e. The van der Waals surface area contributed by atoms with Crippen molar-refractivity contribution in [2.24, 2.45) is 0 Å².